The maximum Gasteiger partial charge on any atom is 0.159 e. The van der Waals surface area contributed by atoms with E-state index in [4.69, 9.17) is 16.9 Å². The number of halogens is 1. The van der Waals surface area contributed by atoms with Crippen LogP contribution in [-0.4, -0.2) is 11.3 Å². The minimum atomic E-state index is -0.156. The van der Waals surface area contributed by atoms with E-state index in [9.17, 15) is 0 Å². The summed E-state index contributed by atoms with van der Waals surface area (Å²) in [6.45, 7) is 0. The highest BCUT2D eigenvalue weighted by Crippen LogP contribution is 1.73. The minimum Gasteiger partial charge on any atom is -0.221 e. The maximum absolute atomic E-state index is 7.26. The molecule has 0 saturated heterocycles. The fourth-order valence-corrected chi connectivity index (χ4v) is 0.0598. The van der Waals surface area contributed by atoms with E-state index in [0.29, 0.717) is 0 Å². The van der Waals surface area contributed by atoms with Crippen molar-refractivity contribution in [2.75, 3.05) is 6.07 Å². The van der Waals surface area contributed by atoms with Crippen LogP contribution >= 0.6 is 11.6 Å². The molecule has 0 aromatic heterocycles. The van der Waals surface area contributed by atoms with Crippen LogP contribution in [0.5, 0.6) is 0 Å². The SMILES string of the molecule is OOOCCl. The van der Waals surface area contributed by atoms with Crippen molar-refractivity contribution in [1.82, 2.24) is 0 Å². The molecule has 0 heterocycles. The Morgan fingerprint density at radius 1 is 1.80 bits per heavy atom. The van der Waals surface area contributed by atoms with Crippen molar-refractivity contribution in [3.63, 3.8) is 0 Å². The fraction of sp³-hybridized carbons (Fsp3) is 1.00. The summed E-state index contributed by atoms with van der Waals surface area (Å²) in [6.07, 6.45) is 0. The van der Waals surface area contributed by atoms with Gasteiger partial charge in [0, 0.05) is 0 Å². The first-order valence-electron chi connectivity index (χ1n) is 0.905. The first-order chi connectivity index (χ1) is 2.41. The molecule has 0 spiro atoms. The molecule has 0 aliphatic rings. The maximum atomic E-state index is 7.26. The lowest BCUT2D eigenvalue weighted by Crippen LogP contribution is -1.81. The van der Waals surface area contributed by atoms with Crippen LogP contribution in [0.3, 0.4) is 0 Å². The van der Waals surface area contributed by atoms with E-state index < -0.39 is 0 Å². The number of hydrogen-bond acceptors (Lipinski definition) is 3. The summed E-state index contributed by atoms with van der Waals surface area (Å²) in [7, 11) is 0. The van der Waals surface area contributed by atoms with Gasteiger partial charge in [-0.15, -0.1) is 0 Å². The Morgan fingerprint density at radius 3 is 2.40 bits per heavy atom. The molecule has 0 rings (SSSR count). The molecule has 0 fully saturated rings. The van der Waals surface area contributed by atoms with Crippen molar-refractivity contribution < 1.29 is 15.2 Å². The molecule has 4 heteroatoms. The Morgan fingerprint density at radius 2 is 2.40 bits per heavy atom. The Balaban J connectivity index is 2.19. The lowest BCUT2D eigenvalue weighted by atomic mass is 11.7. The van der Waals surface area contributed by atoms with E-state index in [1.54, 1.807) is 0 Å². The molecule has 3 nitrogen and oxygen atoms in total. The molecule has 0 aromatic carbocycles. The van der Waals surface area contributed by atoms with Gasteiger partial charge >= 0.3 is 0 Å². The van der Waals surface area contributed by atoms with Crippen LogP contribution in [0, 0.1) is 0 Å². The molecule has 0 bridgehead atoms. The van der Waals surface area contributed by atoms with Gasteiger partial charge in [0.15, 0.2) is 6.07 Å². The molecule has 0 aromatic rings. The minimum absolute atomic E-state index is 0.156. The lowest BCUT2D eigenvalue weighted by molar-refractivity contribution is -0.483. The molecule has 0 atom stereocenters. The predicted octanol–water partition coefficient (Wildman–Crippen LogP) is 0.604. The smallest absolute Gasteiger partial charge is 0.159 e. The molecular formula is CH3ClO3. The van der Waals surface area contributed by atoms with E-state index in [2.05, 4.69) is 9.93 Å². The molecular weight excluding hydrogens is 95.5 g/mol. The molecule has 32 valence electrons. The van der Waals surface area contributed by atoms with Crippen molar-refractivity contribution in [3.8, 4) is 0 Å². The van der Waals surface area contributed by atoms with Gasteiger partial charge in [0.2, 0.25) is 0 Å². The van der Waals surface area contributed by atoms with E-state index in [1.807, 2.05) is 0 Å². The third kappa shape index (κ3) is 4.17. The molecule has 0 radical (unpaired) electrons. The predicted molar refractivity (Wildman–Crippen MR) is 15.5 cm³/mol. The van der Waals surface area contributed by atoms with Crippen molar-refractivity contribution >= 4 is 11.6 Å². The Labute approximate surface area is 33.9 Å². The largest absolute Gasteiger partial charge is 0.221 e. The summed E-state index contributed by atoms with van der Waals surface area (Å²) in [5, 5.41) is 10.3. The highest BCUT2D eigenvalue weighted by atomic mass is 35.5. The van der Waals surface area contributed by atoms with E-state index in [-0.39, 0.29) is 6.07 Å². The summed E-state index contributed by atoms with van der Waals surface area (Å²) in [4.78, 5) is 3.65. The number of rotatable bonds is 2. The summed E-state index contributed by atoms with van der Waals surface area (Å²) in [6, 6.07) is -0.156. The average Bonchev–Trinajstić information content (AvgIpc) is 1.41. The lowest BCUT2D eigenvalue weighted by Gasteiger charge is -1.81. The second-order valence-electron chi connectivity index (χ2n) is 0.301. The summed E-state index contributed by atoms with van der Waals surface area (Å²) in [5.41, 5.74) is 0. The zero-order chi connectivity index (χ0) is 4.12. The van der Waals surface area contributed by atoms with Gasteiger partial charge in [0.1, 0.15) is 0 Å². The van der Waals surface area contributed by atoms with Gasteiger partial charge in [0.05, 0.1) is 0 Å². The van der Waals surface area contributed by atoms with Crippen LogP contribution in [0.25, 0.3) is 0 Å². The first kappa shape index (κ1) is 5.17. The molecule has 0 saturated carbocycles. The van der Waals surface area contributed by atoms with Crippen LogP contribution in [0.15, 0.2) is 0 Å². The molecule has 1 N–H and O–H groups in total. The molecule has 0 amide bonds. The monoisotopic (exact) mass is 98.0 g/mol. The Kier molecular flexibility index (Phi) is 4.31. The van der Waals surface area contributed by atoms with Gasteiger partial charge in [-0.1, -0.05) is 16.6 Å². The van der Waals surface area contributed by atoms with Crippen molar-refractivity contribution in [2.24, 2.45) is 0 Å². The standard InChI is InChI=1S/CH3ClO3/c2-1-4-5-3/h3H,1H2. The normalized spacial score (nSPS) is 8.40. The molecule has 5 heavy (non-hydrogen) atoms. The summed E-state index contributed by atoms with van der Waals surface area (Å²) < 4.78 is 0. The highest BCUT2D eigenvalue weighted by Gasteiger charge is 1.68. The van der Waals surface area contributed by atoms with Gasteiger partial charge in [-0.3, -0.25) is 0 Å². The molecule has 0 aliphatic carbocycles. The summed E-state index contributed by atoms with van der Waals surface area (Å²) in [5.74, 6) is 0. The third-order valence-corrected chi connectivity index (χ3v) is 0.186. The van der Waals surface area contributed by atoms with Gasteiger partial charge in [0.25, 0.3) is 0 Å². The van der Waals surface area contributed by atoms with E-state index in [0.717, 1.165) is 0 Å². The quantitative estimate of drug-likeness (QED) is 0.312. The van der Waals surface area contributed by atoms with E-state index >= 15 is 0 Å². The van der Waals surface area contributed by atoms with Gasteiger partial charge in [-0.05, 0) is 0 Å². The zero-order valence-electron chi connectivity index (χ0n) is 2.35. The number of hydrogen-bond donors (Lipinski definition) is 1. The van der Waals surface area contributed by atoms with Gasteiger partial charge < -0.3 is 0 Å². The van der Waals surface area contributed by atoms with Crippen LogP contribution in [0.4, 0.5) is 0 Å². The third-order valence-electron chi connectivity index (χ3n) is 0.0972. The van der Waals surface area contributed by atoms with Crippen molar-refractivity contribution in [1.29, 1.82) is 0 Å². The number of alkyl halides is 1. The fourth-order valence-electron chi connectivity index (χ4n) is 0.0199. The molecule has 0 unspecified atom stereocenters. The second kappa shape index (κ2) is 4.17. The van der Waals surface area contributed by atoms with Crippen molar-refractivity contribution in [3.05, 3.63) is 0 Å². The van der Waals surface area contributed by atoms with Gasteiger partial charge in [-0.25, -0.2) is 5.26 Å². The Bertz CT molecular complexity index is 14.4. The zero-order valence-corrected chi connectivity index (χ0v) is 3.10. The van der Waals surface area contributed by atoms with Crippen LogP contribution in [0.1, 0.15) is 0 Å². The highest BCUT2D eigenvalue weighted by molar-refractivity contribution is 6.16. The van der Waals surface area contributed by atoms with Crippen LogP contribution in [0.2, 0.25) is 0 Å². The van der Waals surface area contributed by atoms with Gasteiger partial charge in [-0.2, -0.15) is 4.89 Å². The van der Waals surface area contributed by atoms with Crippen LogP contribution in [-0.2, 0) is 9.93 Å². The van der Waals surface area contributed by atoms with Crippen LogP contribution < -0.4 is 0 Å². The van der Waals surface area contributed by atoms with E-state index in [1.165, 1.54) is 0 Å². The molecule has 0 aliphatic heterocycles. The first-order valence-corrected chi connectivity index (χ1v) is 1.44. The topological polar surface area (TPSA) is 38.7 Å². The average molecular weight is 98.5 g/mol. The Hall–Kier alpha value is 0.170. The van der Waals surface area contributed by atoms with Crippen molar-refractivity contribution in [2.45, 2.75) is 0 Å². The summed E-state index contributed by atoms with van der Waals surface area (Å²) >= 11 is 4.79. The second-order valence-corrected chi connectivity index (χ2v) is 0.520.